The fourth-order valence-electron chi connectivity index (χ4n) is 0. The molecule has 0 spiro atoms. The minimum Gasteiger partial charge on any atom is 0 e. The van der Waals surface area contributed by atoms with E-state index in [2.05, 4.69) is 0 Å². The molecule has 0 aliphatic carbocycles. The minimum absolute atomic E-state index is 0. The van der Waals surface area contributed by atoms with Crippen LogP contribution in [0.5, 0.6) is 0 Å². The normalized spacial score (nSPS) is 10.6. The van der Waals surface area contributed by atoms with Crippen molar-refractivity contribution >= 4 is 7.82 Å². The van der Waals surface area contributed by atoms with Crippen molar-refractivity contribution in [2.75, 3.05) is 0 Å². The molecular weight excluding hydrogens is 320 g/mol. The molecule has 0 fully saturated rings. The first-order chi connectivity index (χ1) is 4.00. The largest absolute Gasteiger partial charge is 0 e. The van der Waals surface area contributed by atoms with Gasteiger partial charge in [0.25, 0.3) is 0 Å². The second-order valence-electron chi connectivity index (χ2n) is 0.961. The van der Waals surface area contributed by atoms with Gasteiger partial charge in [0.1, 0.15) is 0 Å². The molecule has 0 atom stereocenters. The van der Waals surface area contributed by atoms with E-state index in [-0.39, 0.29) is 19.5 Å². The van der Waals surface area contributed by atoms with Crippen LogP contribution in [0.2, 0.25) is 0 Å². The minimum atomic E-state index is -5.52. The Morgan fingerprint density at radius 3 is 1.00 bits per heavy atom. The maximum atomic E-state index is 8.88. The van der Waals surface area contributed by atoms with Crippen molar-refractivity contribution in [3.05, 3.63) is 0 Å². The van der Waals surface area contributed by atoms with Crippen molar-refractivity contribution in [1.29, 1.82) is 0 Å². The molecule has 0 aromatic heterocycles. The zero-order valence-electron chi connectivity index (χ0n) is 5.02. The molecule has 11 heavy (non-hydrogen) atoms. The Morgan fingerprint density at radius 2 is 1.00 bits per heavy atom. The average molecular weight is 325 g/mol. The molecule has 0 aliphatic heterocycles. The first kappa shape index (κ1) is 17.9. The molecule has 0 radical (unpaired) electrons. The third-order valence-corrected chi connectivity index (χ3v) is 0. The van der Waals surface area contributed by atoms with E-state index in [4.69, 9.17) is 33.6 Å². The van der Waals surface area contributed by atoms with E-state index in [0.717, 1.165) is 0 Å². The zero-order chi connectivity index (χ0) is 9.00. The van der Waals surface area contributed by atoms with Gasteiger partial charge in [0, 0.05) is 19.5 Å². The summed E-state index contributed by atoms with van der Waals surface area (Å²) in [5, 5.41) is 0. The van der Waals surface area contributed by atoms with Crippen LogP contribution in [0.15, 0.2) is 0 Å². The fraction of sp³-hybridized carbons (Fsp3) is 0. The average Bonchev–Trinajstić information content (AvgIpc) is 1.12. The Morgan fingerprint density at radius 1 is 1.00 bits per heavy atom. The summed E-state index contributed by atoms with van der Waals surface area (Å²) in [5.74, 6) is 0. The zero-order valence-corrected chi connectivity index (χ0v) is 10.9. The van der Waals surface area contributed by atoms with Gasteiger partial charge in [-0.15, -0.1) is 0 Å². The molecule has 11 heteroatoms. The van der Waals surface area contributed by atoms with Gasteiger partial charge in [-0.1, -0.05) is 0 Å². The smallest absolute Gasteiger partial charge is 0 e. The van der Waals surface area contributed by atoms with Crippen molar-refractivity contribution in [1.82, 2.24) is 0 Å². The maximum absolute atomic E-state index is 8.88. The van der Waals surface area contributed by atoms with Crippen molar-refractivity contribution < 1.29 is 69.8 Å². The topological polar surface area (TPSA) is 152 Å². The van der Waals surface area contributed by atoms with Crippen LogP contribution in [-0.2, 0) is 47.6 Å². The van der Waals surface area contributed by atoms with E-state index >= 15 is 0 Å². The summed E-state index contributed by atoms with van der Waals surface area (Å²) in [6, 6.07) is 0. The molecular formula is H5MoO8PZn. The van der Waals surface area contributed by atoms with Gasteiger partial charge in [0.15, 0.2) is 0 Å². The number of phosphoric acid groups is 1. The summed E-state index contributed by atoms with van der Waals surface area (Å²) < 4.78 is 40.9. The van der Waals surface area contributed by atoms with Gasteiger partial charge in [-0.3, -0.25) is 0 Å². The predicted octanol–water partition coefficient (Wildman–Crippen LogP) is -2.29. The molecule has 8 nitrogen and oxygen atoms in total. The fourth-order valence-corrected chi connectivity index (χ4v) is 0. The van der Waals surface area contributed by atoms with E-state index in [1.165, 1.54) is 0 Å². The second-order valence-corrected chi connectivity index (χ2v) is 4.19. The standard InChI is InChI=1S/Mo.H3O4P.2H2O.2O.Zn/c;1-5(2,3)4;;;;;/h;(H3,1,2,3,4);2*1H2;;;/q+2;;;;;;/p-2. The van der Waals surface area contributed by atoms with Gasteiger partial charge in [-0.05, 0) is 0 Å². The van der Waals surface area contributed by atoms with Gasteiger partial charge in [0.05, 0.1) is 0 Å². The van der Waals surface area contributed by atoms with E-state index in [1.807, 2.05) is 0 Å². The molecule has 0 aromatic carbocycles. The molecule has 66 valence electrons. The van der Waals surface area contributed by atoms with Crippen LogP contribution < -0.4 is 0 Å². The van der Waals surface area contributed by atoms with Crippen molar-refractivity contribution in [3.63, 3.8) is 0 Å². The molecule has 0 amide bonds. The monoisotopic (exact) mass is 326 g/mol. The van der Waals surface area contributed by atoms with Crippen LogP contribution in [0.25, 0.3) is 0 Å². The van der Waals surface area contributed by atoms with E-state index < -0.39 is 24.6 Å². The first-order valence-electron chi connectivity index (χ1n) is 1.48. The number of hydrogen-bond donors (Lipinski definition) is 5. The molecule has 0 saturated carbocycles. The molecule has 0 heterocycles. The quantitative estimate of drug-likeness (QED) is 0.246. The van der Waals surface area contributed by atoms with Crippen LogP contribution in [0.3, 0.4) is 0 Å². The predicted molar refractivity (Wildman–Crippen MR) is 20.1 cm³/mol. The Bertz CT molecular complexity index is 192. The molecule has 0 aromatic rings. The van der Waals surface area contributed by atoms with Crippen molar-refractivity contribution in [3.8, 4) is 0 Å². The summed E-state index contributed by atoms with van der Waals surface area (Å²) in [7, 11) is -4.64. The molecule has 0 aliphatic rings. The summed E-state index contributed by atoms with van der Waals surface area (Å²) in [6.07, 6.45) is 0. The molecule has 0 rings (SSSR count). The van der Waals surface area contributed by atoms with Crippen LogP contribution in [-0.4, -0.2) is 22.2 Å². The van der Waals surface area contributed by atoms with E-state index in [1.54, 1.807) is 0 Å². The Balaban J connectivity index is -0.000000107. The SMILES string of the molecule is O=P(O)(O)O.[O]=[Mo](=[O])([OH])[OH].[Zn]. The van der Waals surface area contributed by atoms with Gasteiger partial charge >= 0.3 is 38.9 Å². The Labute approximate surface area is 77.6 Å². The third-order valence-electron chi connectivity index (χ3n) is 0. The van der Waals surface area contributed by atoms with Crippen LogP contribution in [0.1, 0.15) is 0 Å². The number of hydrogen-bond acceptors (Lipinski definition) is 3. The summed E-state index contributed by atoms with van der Waals surface area (Å²) in [5.41, 5.74) is 0. The molecule has 5 N–H and O–H groups in total. The number of rotatable bonds is 0. The molecule has 0 saturated heterocycles. The van der Waals surface area contributed by atoms with Crippen LogP contribution in [0, 0.1) is 0 Å². The first-order valence-corrected chi connectivity index (χ1v) is 6.48. The second kappa shape index (κ2) is 6.46. The van der Waals surface area contributed by atoms with Crippen molar-refractivity contribution in [2.24, 2.45) is 0 Å². The van der Waals surface area contributed by atoms with Gasteiger partial charge in [0.2, 0.25) is 0 Å². The summed E-state index contributed by atoms with van der Waals surface area (Å²) in [4.78, 5) is 21.6. The molecule has 0 unspecified atom stereocenters. The van der Waals surface area contributed by atoms with E-state index in [9.17, 15) is 0 Å². The maximum Gasteiger partial charge on any atom is 0 e. The van der Waals surface area contributed by atoms with Crippen molar-refractivity contribution in [2.45, 2.75) is 0 Å². The Kier molecular flexibility index (Phi) is 10.5. The summed E-state index contributed by atoms with van der Waals surface area (Å²) in [6.45, 7) is 0. The van der Waals surface area contributed by atoms with Gasteiger partial charge in [-0.2, -0.15) is 0 Å². The Hall–Kier alpha value is 0.942. The third kappa shape index (κ3) is 987. The van der Waals surface area contributed by atoms with Gasteiger partial charge < -0.3 is 14.7 Å². The van der Waals surface area contributed by atoms with Crippen LogP contribution in [0.4, 0.5) is 0 Å². The molecule has 0 bridgehead atoms. The summed E-state index contributed by atoms with van der Waals surface area (Å²) >= 11 is -5.52. The van der Waals surface area contributed by atoms with Crippen LogP contribution >= 0.6 is 7.82 Å². The van der Waals surface area contributed by atoms with Gasteiger partial charge in [-0.25, -0.2) is 4.57 Å². The van der Waals surface area contributed by atoms with E-state index in [0.29, 0.717) is 0 Å².